The molecule has 118 valence electrons. The van der Waals surface area contributed by atoms with Gasteiger partial charge < -0.3 is 9.88 Å². The van der Waals surface area contributed by atoms with Crippen molar-refractivity contribution < 1.29 is 4.79 Å². The zero-order valence-electron chi connectivity index (χ0n) is 12.8. The van der Waals surface area contributed by atoms with Gasteiger partial charge in [-0.15, -0.1) is 0 Å². The molecule has 1 atom stereocenters. The van der Waals surface area contributed by atoms with E-state index < -0.39 is 11.8 Å². The van der Waals surface area contributed by atoms with E-state index in [1.807, 2.05) is 41.0 Å². The Morgan fingerprint density at radius 2 is 2.04 bits per heavy atom. The number of carbonyl (C=O) groups excluding carboxylic acids is 1. The van der Waals surface area contributed by atoms with Gasteiger partial charge in [0.05, 0.1) is 18.0 Å². The molecule has 0 unspecified atom stereocenters. The molecule has 0 fully saturated rings. The van der Waals surface area contributed by atoms with Crippen LogP contribution < -0.4 is 5.32 Å². The largest absolute Gasteiger partial charge is 0.329 e. The first kappa shape index (κ1) is 15.4. The second-order valence-corrected chi connectivity index (χ2v) is 5.19. The SMILES string of the molecule is N#C[C@@H](C(=O)Nc1cccnc1)c1nccn1Cc1ccccc1. The van der Waals surface area contributed by atoms with Crippen molar-refractivity contribution in [2.75, 3.05) is 5.32 Å². The normalized spacial score (nSPS) is 11.5. The molecule has 0 saturated carbocycles. The minimum Gasteiger partial charge on any atom is -0.329 e. The molecule has 3 rings (SSSR count). The Labute approximate surface area is 139 Å². The molecule has 6 heteroatoms. The van der Waals surface area contributed by atoms with Gasteiger partial charge in [-0.1, -0.05) is 30.3 Å². The summed E-state index contributed by atoms with van der Waals surface area (Å²) in [6.07, 6.45) is 6.51. The lowest BCUT2D eigenvalue weighted by Crippen LogP contribution is -2.23. The Kier molecular flexibility index (Phi) is 4.63. The first-order chi connectivity index (χ1) is 11.8. The Balaban J connectivity index is 1.80. The molecule has 0 saturated heterocycles. The van der Waals surface area contributed by atoms with E-state index in [9.17, 15) is 10.1 Å². The highest BCUT2D eigenvalue weighted by Gasteiger charge is 2.25. The standard InChI is InChI=1S/C18H15N5O/c19-11-16(18(24)22-15-7-4-8-20-12-15)17-21-9-10-23(17)13-14-5-2-1-3-6-14/h1-10,12,16H,13H2,(H,22,24)/t16-/m1/s1. The van der Waals surface area contributed by atoms with Gasteiger partial charge in [0, 0.05) is 25.1 Å². The lowest BCUT2D eigenvalue weighted by Gasteiger charge is -2.12. The minimum atomic E-state index is -0.996. The van der Waals surface area contributed by atoms with Crippen LogP contribution in [0.2, 0.25) is 0 Å². The molecule has 0 aliphatic carbocycles. The number of nitrogens with zero attached hydrogens (tertiary/aromatic N) is 4. The molecule has 24 heavy (non-hydrogen) atoms. The minimum absolute atomic E-state index is 0.419. The summed E-state index contributed by atoms with van der Waals surface area (Å²) in [7, 11) is 0. The molecule has 1 N–H and O–H groups in total. The first-order valence-corrected chi connectivity index (χ1v) is 7.43. The van der Waals surface area contributed by atoms with Crippen molar-refractivity contribution in [3.8, 4) is 6.07 Å². The molecule has 1 aromatic carbocycles. The van der Waals surface area contributed by atoms with Crippen molar-refractivity contribution in [2.24, 2.45) is 0 Å². The molecule has 2 aromatic heterocycles. The van der Waals surface area contributed by atoms with Crippen LogP contribution in [0.3, 0.4) is 0 Å². The van der Waals surface area contributed by atoms with E-state index in [1.165, 1.54) is 6.20 Å². The second kappa shape index (κ2) is 7.20. The Morgan fingerprint density at radius 1 is 1.21 bits per heavy atom. The van der Waals surface area contributed by atoms with Crippen LogP contribution in [0.1, 0.15) is 17.3 Å². The fourth-order valence-corrected chi connectivity index (χ4v) is 2.38. The molecule has 0 aliphatic rings. The second-order valence-electron chi connectivity index (χ2n) is 5.19. The topological polar surface area (TPSA) is 83.6 Å². The van der Waals surface area contributed by atoms with Gasteiger partial charge in [-0.2, -0.15) is 5.26 Å². The molecule has 3 aromatic rings. The van der Waals surface area contributed by atoms with Crippen LogP contribution in [0.15, 0.2) is 67.3 Å². The van der Waals surface area contributed by atoms with Crippen LogP contribution in [0, 0.1) is 11.3 Å². The fraction of sp³-hybridized carbons (Fsp3) is 0.111. The number of anilines is 1. The van der Waals surface area contributed by atoms with E-state index in [-0.39, 0.29) is 0 Å². The maximum atomic E-state index is 12.4. The molecular weight excluding hydrogens is 302 g/mol. The summed E-state index contributed by atoms with van der Waals surface area (Å²) in [5, 5.41) is 12.2. The predicted octanol–water partition coefficient (Wildman–Crippen LogP) is 2.57. The fourth-order valence-electron chi connectivity index (χ4n) is 2.38. The van der Waals surface area contributed by atoms with Gasteiger partial charge in [0.15, 0.2) is 5.92 Å². The van der Waals surface area contributed by atoms with Crippen LogP contribution in [-0.4, -0.2) is 20.4 Å². The van der Waals surface area contributed by atoms with E-state index in [2.05, 4.69) is 15.3 Å². The van der Waals surface area contributed by atoms with E-state index >= 15 is 0 Å². The number of hydrogen-bond acceptors (Lipinski definition) is 4. The summed E-state index contributed by atoms with van der Waals surface area (Å²) in [5.74, 6) is -1.00. The van der Waals surface area contributed by atoms with Gasteiger partial charge in [-0.25, -0.2) is 4.98 Å². The van der Waals surface area contributed by atoms with Crippen molar-refractivity contribution >= 4 is 11.6 Å². The summed E-state index contributed by atoms with van der Waals surface area (Å²) in [6, 6.07) is 15.3. The van der Waals surface area contributed by atoms with Crippen LogP contribution in [0.4, 0.5) is 5.69 Å². The number of nitriles is 1. The van der Waals surface area contributed by atoms with Gasteiger partial charge >= 0.3 is 0 Å². The van der Waals surface area contributed by atoms with Crippen molar-refractivity contribution in [2.45, 2.75) is 12.5 Å². The quantitative estimate of drug-likeness (QED) is 0.784. The van der Waals surface area contributed by atoms with E-state index in [0.717, 1.165) is 5.56 Å². The molecule has 0 bridgehead atoms. The number of imidazole rings is 1. The highest BCUT2D eigenvalue weighted by atomic mass is 16.1. The number of carbonyl (C=O) groups is 1. The van der Waals surface area contributed by atoms with Gasteiger partial charge in [0.1, 0.15) is 5.82 Å². The number of benzene rings is 1. The molecule has 6 nitrogen and oxygen atoms in total. The Hall–Kier alpha value is -3.46. The average molecular weight is 317 g/mol. The lowest BCUT2D eigenvalue weighted by molar-refractivity contribution is -0.116. The highest BCUT2D eigenvalue weighted by Crippen LogP contribution is 2.17. The molecule has 0 aliphatic heterocycles. The third-order valence-electron chi connectivity index (χ3n) is 3.52. The average Bonchev–Trinajstić information content (AvgIpc) is 3.05. The first-order valence-electron chi connectivity index (χ1n) is 7.43. The van der Waals surface area contributed by atoms with Crippen molar-refractivity contribution in [1.82, 2.24) is 14.5 Å². The Bertz CT molecular complexity index is 852. The zero-order chi connectivity index (χ0) is 16.8. The van der Waals surface area contributed by atoms with E-state index in [0.29, 0.717) is 18.1 Å². The van der Waals surface area contributed by atoms with Crippen LogP contribution >= 0.6 is 0 Å². The van der Waals surface area contributed by atoms with E-state index in [4.69, 9.17) is 0 Å². The molecule has 0 radical (unpaired) electrons. The molecule has 2 heterocycles. The third-order valence-corrected chi connectivity index (χ3v) is 3.52. The van der Waals surface area contributed by atoms with Crippen LogP contribution in [0.25, 0.3) is 0 Å². The summed E-state index contributed by atoms with van der Waals surface area (Å²) >= 11 is 0. The lowest BCUT2D eigenvalue weighted by atomic mass is 10.1. The van der Waals surface area contributed by atoms with Crippen molar-refractivity contribution in [1.29, 1.82) is 5.26 Å². The summed E-state index contributed by atoms with van der Waals surface area (Å²) in [5.41, 5.74) is 1.62. The van der Waals surface area contributed by atoms with Gasteiger partial charge in [0.25, 0.3) is 0 Å². The number of aromatic nitrogens is 3. The number of nitrogens with one attached hydrogen (secondary N) is 1. The maximum absolute atomic E-state index is 12.4. The highest BCUT2D eigenvalue weighted by molar-refractivity contribution is 5.97. The number of hydrogen-bond donors (Lipinski definition) is 1. The number of rotatable bonds is 5. The van der Waals surface area contributed by atoms with Crippen LogP contribution in [-0.2, 0) is 11.3 Å². The predicted molar refractivity (Wildman–Crippen MR) is 89.0 cm³/mol. The Morgan fingerprint density at radius 3 is 2.75 bits per heavy atom. The maximum Gasteiger partial charge on any atom is 0.249 e. The summed E-state index contributed by atoms with van der Waals surface area (Å²) < 4.78 is 1.81. The van der Waals surface area contributed by atoms with Crippen molar-refractivity contribution in [3.63, 3.8) is 0 Å². The third kappa shape index (κ3) is 3.47. The summed E-state index contributed by atoms with van der Waals surface area (Å²) in [4.78, 5) is 20.6. The zero-order valence-corrected chi connectivity index (χ0v) is 12.8. The smallest absolute Gasteiger partial charge is 0.249 e. The monoisotopic (exact) mass is 317 g/mol. The van der Waals surface area contributed by atoms with Gasteiger partial charge in [-0.3, -0.25) is 9.78 Å². The van der Waals surface area contributed by atoms with Crippen molar-refractivity contribution in [3.05, 3.63) is 78.6 Å². The van der Waals surface area contributed by atoms with E-state index in [1.54, 1.807) is 30.7 Å². The molecule has 0 spiro atoms. The molecular formula is C18H15N5O. The number of pyridine rings is 1. The van der Waals surface area contributed by atoms with Gasteiger partial charge in [-0.05, 0) is 17.7 Å². The van der Waals surface area contributed by atoms with Crippen LogP contribution in [0.5, 0.6) is 0 Å². The van der Waals surface area contributed by atoms with Gasteiger partial charge in [0.2, 0.25) is 5.91 Å². The number of amides is 1. The summed E-state index contributed by atoms with van der Waals surface area (Å²) in [6.45, 7) is 0.550. The molecule has 1 amide bonds.